The summed E-state index contributed by atoms with van der Waals surface area (Å²) in [5.41, 5.74) is 2.50. The van der Waals surface area contributed by atoms with Gasteiger partial charge in [0.2, 0.25) is 0 Å². The molecule has 0 atom stereocenters. The molecule has 1 saturated carbocycles. The van der Waals surface area contributed by atoms with Crippen molar-refractivity contribution in [1.29, 1.82) is 0 Å². The van der Waals surface area contributed by atoms with Gasteiger partial charge < -0.3 is 0 Å². The van der Waals surface area contributed by atoms with Crippen LogP contribution in [-0.2, 0) is 0 Å². The van der Waals surface area contributed by atoms with E-state index in [1.54, 1.807) is 0 Å². The van der Waals surface area contributed by atoms with Gasteiger partial charge in [0.05, 0.1) is 0 Å². The van der Waals surface area contributed by atoms with Crippen LogP contribution < -0.4 is 0 Å². The van der Waals surface area contributed by atoms with Gasteiger partial charge in [0, 0.05) is 5.02 Å². The summed E-state index contributed by atoms with van der Waals surface area (Å²) in [5, 5.41) is 0.919. The Morgan fingerprint density at radius 2 is 2.00 bits per heavy atom. The van der Waals surface area contributed by atoms with Crippen LogP contribution in [0.3, 0.4) is 0 Å². The van der Waals surface area contributed by atoms with Gasteiger partial charge >= 0.3 is 0 Å². The first-order chi connectivity index (χ1) is 6.81. The lowest BCUT2D eigenvalue weighted by Crippen LogP contribution is -1.93. The third kappa shape index (κ3) is 1.85. The van der Waals surface area contributed by atoms with Crippen molar-refractivity contribution in [1.82, 2.24) is 0 Å². The van der Waals surface area contributed by atoms with E-state index in [9.17, 15) is 0 Å². The molecule has 0 saturated heterocycles. The molecule has 0 amide bonds. The number of benzene rings is 1. The molecule has 0 nitrogen and oxygen atoms in total. The molecule has 0 aromatic heterocycles. The van der Waals surface area contributed by atoms with Gasteiger partial charge in [-0.05, 0) is 36.0 Å². The summed E-state index contributed by atoms with van der Waals surface area (Å²) in [5.74, 6) is 0.683. The predicted octanol–water partition coefficient (Wildman–Crippen LogP) is 4.64. The number of hydrogen-bond donors (Lipinski definition) is 0. The molecule has 0 bridgehead atoms. The molecular formula is C13H15Cl. The van der Waals surface area contributed by atoms with Crippen molar-refractivity contribution in [2.75, 3.05) is 0 Å². The largest absolute Gasteiger partial charge is 0.0985 e. The van der Waals surface area contributed by atoms with Crippen molar-refractivity contribution in [2.45, 2.75) is 31.6 Å². The van der Waals surface area contributed by atoms with Crippen LogP contribution in [0, 0.1) is 0 Å². The molecule has 1 fully saturated rings. The Kier molecular flexibility index (Phi) is 2.93. The highest BCUT2D eigenvalue weighted by atomic mass is 35.5. The summed E-state index contributed by atoms with van der Waals surface area (Å²) >= 11 is 6.20. The SMILES string of the molecule is C=Cc1ccc(Cl)c(C2CCCC2)c1. The van der Waals surface area contributed by atoms with Crippen LogP contribution in [0.5, 0.6) is 0 Å². The summed E-state index contributed by atoms with van der Waals surface area (Å²) in [6, 6.07) is 6.20. The van der Waals surface area contributed by atoms with E-state index in [4.69, 9.17) is 11.6 Å². The lowest BCUT2D eigenvalue weighted by atomic mass is 9.96. The van der Waals surface area contributed by atoms with Crippen molar-refractivity contribution in [3.63, 3.8) is 0 Å². The van der Waals surface area contributed by atoms with Crippen molar-refractivity contribution in [2.24, 2.45) is 0 Å². The highest BCUT2D eigenvalue weighted by Gasteiger charge is 2.19. The van der Waals surface area contributed by atoms with Gasteiger partial charge in [0.1, 0.15) is 0 Å². The molecule has 0 N–H and O–H groups in total. The van der Waals surface area contributed by atoms with Gasteiger partial charge in [-0.1, -0.05) is 49.2 Å². The molecule has 1 aliphatic rings. The Labute approximate surface area is 90.6 Å². The minimum absolute atomic E-state index is 0.683. The van der Waals surface area contributed by atoms with Crippen LogP contribution in [0.25, 0.3) is 6.08 Å². The molecule has 1 aromatic carbocycles. The van der Waals surface area contributed by atoms with Crippen molar-refractivity contribution in [3.8, 4) is 0 Å². The third-order valence-corrected chi connectivity index (χ3v) is 3.39. The van der Waals surface area contributed by atoms with Gasteiger partial charge in [-0.25, -0.2) is 0 Å². The minimum Gasteiger partial charge on any atom is -0.0985 e. The molecule has 1 aromatic rings. The fourth-order valence-corrected chi connectivity index (χ4v) is 2.51. The Balaban J connectivity index is 2.34. The average molecular weight is 207 g/mol. The van der Waals surface area contributed by atoms with E-state index in [1.165, 1.54) is 36.8 Å². The van der Waals surface area contributed by atoms with E-state index in [0.717, 1.165) is 5.02 Å². The molecular weight excluding hydrogens is 192 g/mol. The molecule has 2 rings (SSSR count). The average Bonchev–Trinajstić information content (AvgIpc) is 2.71. The fourth-order valence-electron chi connectivity index (χ4n) is 2.24. The monoisotopic (exact) mass is 206 g/mol. The molecule has 74 valence electrons. The van der Waals surface area contributed by atoms with E-state index in [1.807, 2.05) is 18.2 Å². The quantitative estimate of drug-likeness (QED) is 0.661. The van der Waals surface area contributed by atoms with Crippen LogP contribution in [-0.4, -0.2) is 0 Å². The summed E-state index contributed by atoms with van der Waals surface area (Å²) in [7, 11) is 0. The summed E-state index contributed by atoms with van der Waals surface area (Å²) < 4.78 is 0. The number of halogens is 1. The number of rotatable bonds is 2. The molecule has 14 heavy (non-hydrogen) atoms. The lowest BCUT2D eigenvalue weighted by molar-refractivity contribution is 0.723. The minimum atomic E-state index is 0.683. The summed E-state index contributed by atoms with van der Waals surface area (Å²) in [4.78, 5) is 0. The molecule has 0 aliphatic heterocycles. The zero-order valence-corrected chi connectivity index (χ0v) is 9.06. The maximum atomic E-state index is 6.20. The van der Waals surface area contributed by atoms with E-state index in [-0.39, 0.29) is 0 Å². The van der Waals surface area contributed by atoms with E-state index in [2.05, 4.69) is 12.6 Å². The van der Waals surface area contributed by atoms with Crippen LogP contribution in [0.1, 0.15) is 42.7 Å². The maximum absolute atomic E-state index is 6.20. The van der Waals surface area contributed by atoms with Gasteiger partial charge in [0.25, 0.3) is 0 Å². The van der Waals surface area contributed by atoms with Crippen LogP contribution in [0.4, 0.5) is 0 Å². The standard InChI is InChI=1S/C13H15Cl/c1-2-10-7-8-13(14)12(9-10)11-5-3-4-6-11/h2,7-9,11H,1,3-6H2. The van der Waals surface area contributed by atoms with Crippen LogP contribution in [0.2, 0.25) is 5.02 Å². The van der Waals surface area contributed by atoms with Gasteiger partial charge in [0.15, 0.2) is 0 Å². The Bertz CT molecular complexity index is 335. The zero-order chi connectivity index (χ0) is 9.97. The highest BCUT2D eigenvalue weighted by molar-refractivity contribution is 6.31. The Morgan fingerprint density at radius 1 is 1.29 bits per heavy atom. The number of hydrogen-bond acceptors (Lipinski definition) is 0. The molecule has 0 unspecified atom stereocenters. The summed E-state index contributed by atoms with van der Waals surface area (Å²) in [6.07, 6.45) is 7.16. The second-order valence-electron chi connectivity index (χ2n) is 3.97. The van der Waals surface area contributed by atoms with Gasteiger partial charge in [-0.3, -0.25) is 0 Å². The first kappa shape index (κ1) is 9.79. The fraction of sp³-hybridized carbons (Fsp3) is 0.385. The first-order valence-electron chi connectivity index (χ1n) is 5.23. The Hall–Kier alpha value is -0.750. The van der Waals surface area contributed by atoms with Crippen LogP contribution >= 0.6 is 11.6 Å². The van der Waals surface area contributed by atoms with E-state index >= 15 is 0 Å². The summed E-state index contributed by atoms with van der Waals surface area (Å²) in [6.45, 7) is 3.79. The first-order valence-corrected chi connectivity index (χ1v) is 5.61. The smallest absolute Gasteiger partial charge is 0.0441 e. The predicted molar refractivity (Wildman–Crippen MR) is 62.8 cm³/mol. The van der Waals surface area contributed by atoms with Crippen molar-refractivity contribution in [3.05, 3.63) is 40.9 Å². The Morgan fingerprint density at radius 3 is 2.64 bits per heavy atom. The van der Waals surface area contributed by atoms with Crippen molar-refractivity contribution < 1.29 is 0 Å². The van der Waals surface area contributed by atoms with Gasteiger partial charge in [-0.2, -0.15) is 0 Å². The normalized spacial score (nSPS) is 17.2. The molecule has 0 heterocycles. The van der Waals surface area contributed by atoms with Crippen molar-refractivity contribution >= 4 is 17.7 Å². The van der Waals surface area contributed by atoms with E-state index in [0.29, 0.717) is 5.92 Å². The highest BCUT2D eigenvalue weighted by Crippen LogP contribution is 2.37. The van der Waals surface area contributed by atoms with E-state index < -0.39 is 0 Å². The molecule has 0 radical (unpaired) electrons. The second-order valence-corrected chi connectivity index (χ2v) is 4.37. The maximum Gasteiger partial charge on any atom is 0.0441 e. The lowest BCUT2D eigenvalue weighted by Gasteiger charge is -2.12. The molecule has 1 aliphatic carbocycles. The second kappa shape index (κ2) is 4.18. The van der Waals surface area contributed by atoms with Crippen LogP contribution in [0.15, 0.2) is 24.8 Å². The van der Waals surface area contributed by atoms with Gasteiger partial charge in [-0.15, -0.1) is 0 Å². The topological polar surface area (TPSA) is 0 Å². The zero-order valence-electron chi connectivity index (χ0n) is 8.30. The molecule has 1 heteroatoms. The molecule has 0 spiro atoms. The third-order valence-electron chi connectivity index (χ3n) is 3.05.